The molecule has 6 rings (SSSR count). The van der Waals surface area contributed by atoms with Crippen molar-refractivity contribution in [2.45, 2.75) is 67.9 Å². The van der Waals surface area contributed by atoms with E-state index in [2.05, 4.69) is 16.0 Å². The van der Waals surface area contributed by atoms with Crippen molar-refractivity contribution in [1.82, 2.24) is 35.3 Å². The summed E-state index contributed by atoms with van der Waals surface area (Å²) >= 11 is 0.634. The first-order valence-electron chi connectivity index (χ1n) is 19.6. The average Bonchev–Trinajstić information content (AvgIpc) is 3.90. The molecular weight excluding hydrogens is 830 g/mol. The number of carbonyl (C=O) groups is 4. The number of amides is 5. The van der Waals surface area contributed by atoms with Crippen LogP contribution >= 0.6 is 11.9 Å². The molecule has 0 bridgehead atoms. The first kappa shape index (κ1) is 45.0. The standard InChI is InChI=1S/C39H49F3N8O8S2/c1-23(16-45-34(51)14-28(60(55,56)57)21-49-35(52)15-33(59-43)38(49)53)46-39(54)50(20-26-17-44-18-31(26)42)36(25-9-11-58-12-10-25)37-47-32(29-13-27(40)7-8-30(29)41)22-48(37)19-24-5-3-2-4-6-24/h2-8,13,22-23,25-26,28,31,33,36,44H,9-12,14-21,43H2,1H3,(H,45,51)(H,46,54)(H,55,56,57)/t23-,26-,28+,31-,33?,36+/m0/s1. The Balaban J connectivity index is 1.27. The third-order valence-corrected chi connectivity index (χ3v) is 12.9. The Kier molecular flexibility index (Phi) is 14.9. The number of nitrogens with zero attached hydrogens (tertiary/aromatic N) is 4. The maximum absolute atomic E-state index is 15.4. The van der Waals surface area contributed by atoms with Gasteiger partial charge in [-0.2, -0.15) is 8.42 Å². The predicted octanol–water partition coefficient (Wildman–Crippen LogP) is 2.80. The Bertz CT molecular complexity index is 2130. The third-order valence-electron chi connectivity index (χ3n) is 11.0. The van der Waals surface area contributed by atoms with E-state index >= 15 is 8.78 Å². The molecule has 21 heteroatoms. The first-order chi connectivity index (χ1) is 28.6. The number of halogens is 3. The molecule has 3 aliphatic heterocycles. The number of carbonyl (C=O) groups excluding carboxylic acids is 4. The minimum absolute atomic E-state index is 0.0591. The highest BCUT2D eigenvalue weighted by molar-refractivity contribution is 7.98. The van der Waals surface area contributed by atoms with Gasteiger partial charge >= 0.3 is 6.03 Å². The Labute approximate surface area is 350 Å². The fourth-order valence-corrected chi connectivity index (χ4v) is 8.98. The van der Waals surface area contributed by atoms with E-state index in [0.717, 1.165) is 23.8 Å². The fourth-order valence-electron chi connectivity index (χ4n) is 7.80. The van der Waals surface area contributed by atoms with Crippen molar-refractivity contribution in [3.8, 4) is 11.3 Å². The van der Waals surface area contributed by atoms with E-state index in [1.165, 1.54) is 4.90 Å². The van der Waals surface area contributed by atoms with Gasteiger partial charge in [0.25, 0.3) is 10.1 Å². The molecule has 16 nitrogen and oxygen atoms in total. The van der Waals surface area contributed by atoms with Crippen LogP contribution in [0.5, 0.6) is 0 Å². The molecule has 2 aromatic carbocycles. The van der Waals surface area contributed by atoms with Gasteiger partial charge < -0.3 is 30.2 Å². The van der Waals surface area contributed by atoms with Crippen LogP contribution in [0.3, 0.4) is 0 Å². The van der Waals surface area contributed by atoms with Gasteiger partial charge in [-0.15, -0.1) is 0 Å². The van der Waals surface area contributed by atoms with Crippen LogP contribution < -0.4 is 21.1 Å². The highest BCUT2D eigenvalue weighted by atomic mass is 32.2. The van der Waals surface area contributed by atoms with Crippen molar-refractivity contribution in [2.24, 2.45) is 17.0 Å². The lowest BCUT2D eigenvalue weighted by Gasteiger charge is -2.40. The number of benzene rings is 2. The molecule has 4 heterocycles. The molecule has 0 saturated carbocycles. The lowest BCUT2D eigenvalue weighted by atomic mass is 9.89. The largest absolute Gasteiger partial charge is 0.381 e. The lowest BCUT2D eigenvalue weighted by Crippen LogP contribution is -2.53. The van der Waals surface area contributed by atoms with Crippen molar-refractivity contribution in [2.75, 3.05) is 45.9 Å². The van der Waals surface area contributed by atoms with Crippen LogP contribution in [0.1, 0.15) is 50.0 Å². The highest BCUT2D eigenvalue weighted by Gasteiger charge is 2.43. The van der Waals surface area contributed by atoms with Gasteiger partial charge in [0.2, 0.25) is 17.7 Å². The van der Waals surface area contributed by atoms with Gasteiger partial charge in [-0.25, -0.2) is 22.9 Å². The molecule has 3 aromatic rings. The zero-order valence-electron chi connectivity index (χ0n) is 32.8. The first-order valence-corrected chi connectivity index (χ1v) is 22.1. The van der Waals surface area contributed by atoms with Gasteiger partial charge in [0.1, 0.15) is 34.1 Å². The maximum atomic E-state index is 15.4. The molecule has 1 unspecified atom stereocenters. The number of nitrogens with one attached hydrogen (secondary N) is 3. The number of alkyl halides is 1. The van der Waals surface area contributed by atoms with E-state index in [1.54, 1.807) is 17.7 Å². The van der Waals surface area contributed by atoms with Gasteiger partial charge in [-0.1, -0.05) is 42.3 Å². The maximum Gasteiger partial charge on any atom is 0.318 e. The number of nitrogens with two attached hydrogens (primary N) is 1. The SMILES string of the molecule is C[C@@H](CNC(=O)C[C@H](CN1C(=O)CC(SN)C1=O)S(=O)(=O)O)NC(=O)N(C[C@@H]1CNC[C@@H]1F)[C@@H](c1nc(-c2cc(F)ccc2F)cn1Cc1ccccc1)C1CCOCC1. The summed E-state index contributed by atoms with van der Waals surface area (Å²) in [6.07, 6.45) is 0.271. The van der Waals surface area contributed by atoms with E-state index in [4.69, 9.17) is 14.9 Å². The van der Waals surface area contributed by atoms with E-state index in [1.807, 2.05) is 30.3 Å². The summed E-state index contributed by atoms with van der Waals surface area (Å²) in [5, 5.41) is 11.2. The average molecular weight is 879 g/mol. The Morgan fingerprint density at radius 3 is 2.52 bits per heavy atom. The number of aromatic nitrogens is 2. The molecule has 6 N–H and O–H groups in total. The molecule has 0 spiro atoms. The molecule has 3 fully saturated rings. The topological polar surface area (TPSA) is 218 Å². The van der Waals surface area contributed by atoms with E-state index in [-0.39, 0.29) is 56.3 Å². The highest BCUT2D eigenvalue weighted by Crippen LogP contribution is 2.38. The molecule has 1 aromatic heterocycles. The number of rotatable bonds is 17. The van der Waals surface area contributed by atoms with Crippen molar-refractivity contribution < 1.29 is 50.1 Å². The van der Waals surface area contributed by atoms with Crippen LogP contribution in [0.4, 0.5) is 18.0 Å². The van der Waals surface area contributed by atoms with Crippen LogP contribution in [0.15, 0.2) is 54.7 Å². The van der Waals surface area contributed by atoms with Crippen LogP contribution in [0.25, 0.3) is 11.3 Å². The van der Waals surface area contributed by atoms with E-state index in [9.17, 15) is 36.5 Å². The number of hydrogen-bond acceptors (Lipinski definition) is 11. The minimum atomic E-state index is -4.91. The summed E-state index contributed by atoms with van der Waals surface area (Å²) in [6.45, 7) is 1.93. The normalized spacial score (nSPS) is 21.5. The number of ether oxygens (including phenoxy) is 1. The summed E-state index contributed by atoms with van der Waals surface area (Å²) in [5.74, 6) is -4.14. The molecule has 0 aliphatic carbocycles. The second-order valence-electron chi connectivity index (χ2n) is 15.4. The molecule has 6 atom stereocenters. The van der Waals surface area contributed by atoms with Crippen LogP contribution in [-0.4, -0.2) is 125 Å². The molecule has 3 saturated heterocycles. The molecular formula is C39H49F3N8O8S2. The molecule has 60 heavy (non-hydrogen) atoms. The van der Waals surface area contributed by atoms with Crippen molar-refractivity contribution in [3.05, 3.63) is 77.8 Å². The van der Waals surface area contributed by atoms with Crippen LogP contribution in [0, 0.1) is 23.5 Å². The molecule has 326 valence electrons. The molecule has 5 amide bonds. The quantitative estimate of drug-likeness (QED) is 0.0752. The zero-order chi connectivity index (χ0) is 43.1. The minimum Gasteiger partial charge on any atom is -0.381 e. The van der Waals surface area contributed by atoms with Gasteiger partial charge in [-0.3, -0.25) is 29.0 Å². The summed E-state index contributed by atoms with van der Waals surface area (Å²) < 4.78 is 87.0. The second kappa shape index (κ2) is 19.9. The summed E-state index contributed by atoms with van der Waals surface area (Å²) in [6, 6.07) is 10.2. The van der Waals surface area contributed by atoms with Gasteiger partial charge in [0, 0.05) is 89.0 Å². The van der Waals surface area contributed by atoms with Gasteiger partial charge in [0.15, 0.2) is 0 Å². The summed E-state index contributed by atoms with van der Waals surface area (Å²) in [4.78, 5) is 59.7. The number of likely N-dealkylation sites (tertiary alicyclic amines) is 1. The number of imide groups is 1. The lowest BCUT2D eigenvalue weighted by molar-refractivity contribution is -0.138. The Morgan fingerprint density at radius 1 is 1.13 bits per heavy atom. The number of imidazole rings is 1. The molecule has 0 radical (unpaired) electrons. The summed E-state index contributed by atoms with van der Waals surface area (Å²) in [7, 11) is -4.91. The van der Waals surface area contributed by atoms with Gasteiger partial charge in [-0.05, 0) is 49.4 Å². The Hall–Kier alpha value is -4.54. The second-order valence-corrected chi connectivity index (χ2v) is 17.9. The van der Waals surface area contributed by atoms with Crippen LogP contribution in [0.2, 0.25) is 0 Å². The number of urea groups is 1. The Morgan fingerprint density at radius 2 is 1.87 bits per heavy atom. The van der Waals surface area contributed by atoms with E-state index < -0.39 is 93.1 Å². The smallest absolute Gasteiger partial charge is 0.318 e. The van der Waals surface area contributed by atoms with E-state index in [0.29, 0.717) is 48.7 Å². The molecule has 3 aliphatic rings. The zero-order valence-corrected chi connectivity index (χ0v) is 34.5. The van der Waals surface area contributed by atoms with Gasteiger partial charge in [0.05, 0.1) is 11.7 Å². The van der Waals surface area contributed by atoms with Crippen molar-refractivity contribution in [1.29, 1.82) is 0 Å². The number of hydrogen-bond donors (Lipinski definition) is 5. The summed E-state index contributed by atoms with van der Waals surface area (Å²) in [5.41, 5.74) is 0.926. The van der Waals surface area contributed by atoms with Crippen molar-refractivity contribution >= 4 is 45.8 Å². The van der Waals surface area contributed by atoms with Crippen LogP contribution in [-0.2, 0) is 35.8 Å². The monoisotopic (exact) mass is 878 g/mol. The van der Waals surface area contributed by atoms with Crippen molar-refractivity contribution in [3.63, 3.8) is 0 Å². The predicted molar refractivity (Wildman–Crippen MR) is 215 cm³/mol. The fraction of sp³-hybridized carbons (Fsp3) is 0.513. The third kappa shape index (κ3) is 11.0.